The standard InChI is InChI=1S/C17H21N3O3/c21-16(23-13-4-1-2-5-13)6-3-9-18-17(22)12-7-8-14-15(10-12)20-11-19-14/h7-8,10-11,13H,1-6,9H2,(H,18,22)(H,19,20). The fourth-order valence-electron chi connectivity index (χ4n) is 2.86. The number of hydrogen-bond donors (Lipinski definition) is 2. The number of aromatic nitrogens is 2. The van der Waals surface area contributed by atoms with Crippen LogP contribution in [0.25, 0.3) is 11.0 Å². The van der Waals surface area contributed by atoms with Crippen molar-refractivity contribution >= 4 is 22.9 Å². The molecule has 0 spiro atoms. The van der Waals surface area contributed by atoms with Gasteiger partial charge in [0.25, 0.3) is 5.91 Å². The second kappa shape index (κ2) is 7.26. The smallest absolute Gasteiger partial charge is 0.306 e. The van der Waals surface area contributed by atoms with Crippen LogP contribution in [0.4, 0.5) is 0 Å². The van der Waals surface area contributed by atoms with E-state index in [9.17, 15) is 9.59 Å². The van der Waals surface area contributed by atoms with Crippen LogP contribution in [-0.4, -0.2) is 34.5 Å². The number of ether oxygens (including phenoxy) is 1. The van der Waals surface area contributed by atoms with Gasteiger partial charge in [-0.15, -0.1) is 0 Å². The zero-order valence-electron chi connectivity index (χ0n) is 13.0. The number of H-pyrrole nitrogens is 1. The van der Waals surface area contributed by atoms with Gasteiger partial charge >= 0.3 is 5.97 Å². The number of carbonyl (C=O) groups excluding carboxylic acids is 2. The van der Waals surface area contributed by atoms with E-state index >= 15 is 0 Å². The van der Waals surface area contributed by atoms with Crippen LogP contribution in [0.1, 0.15) is 48.9 Å². The number of esters is 1. The summed E-state index contributed by atoms with van der Waals surface area (Å²) in [5.74, 6) is -0.310. The molecule has 1 aliphatic carbocycles. The minimum absolute atomic E-state index is 0.109. The van der Waals surface area contributed by atoms with Crippen molar-refractivity contribution < 1.29 is 14.3 Å². The van der Waals surface area contributed by atoms with Gasteiger partial charge in [0.2, 0.25) is 0 Å². The first-order chi connectivity index (χ1) is 11.2. The van der Waals surface area contributed by atoms with E-state index in [1.54, 1.807) is 24.5 Å². The topological polar surface area (TPSA) is 84.1 Å². The van der Waals surface area contributed by atoms with E-state index in [4.69, 9.17) is 4.74 Å². The Labute approximate surface area is 134 Å². The van der Waals surface area contributed by atoms with Crippen molar-refractivity contribution in [2.24, 2.45) is 0 Å². The van der Waals surface area contributed by atoms with Gasteiger partial charge in [-0.3, -0.25) is 9.59 Å². The lowest BCUT2D eigenvalue weighted by atomic mass is 10.2. The zero-order valence-corrected chi connectivity index (χ0v) is 13.0. The Balaban J connectivity index is 1.39. The Morgan fingerprint density at radius 2 is 2.13 bits per heavy atom. The highest BCUT2D eigenvalue weighted by Gasteiger charge is 2.18. The third-order valence-electron chi connectivity index (χ3n) is 4.13. The predicted molar refractivity (Wildman–Crippen MR) is 86.0 cm³/mol. The summed E-state index contributed by atoms with van der Waals surface area (Å²) >= 11 is 0. The SMILES string of the molecule is O=C(CCCNC(=O)c1ccc2nc[nH]c2c1)OC1CCCC1. The molecular weight excluding hydrogens is 294 g/mol. The van der Waals surface area contributed by atoms with Crippen LogP contribution in [0.15, 0.2) is 24.5 Å². The molecule has 6 heteroatoms. The molecule has 0 bridgehead atoms. The van der Waals surface area contributed by atoms with Crippen LogP contribution in [-0.2, 0) is 9.53 Å². The van der Waals surface area contributed by atoms with Crippen LogP contribution in [0.5, 0.6) is 0 Å². The van der Waals surface area contributed by atoms with Gasteiger partial charge in [0.1, 0.15) is 6.10 Å². The normalized spacial score (nSPS) is 15.0. The summed E-state index contributed by atoms with van der Waals surface area (Å²) in [6, 6.07) is 5.32. The number of rotatable bonds is 6. The highest BCUT2D eigenvalue weighted by Crippen LogP contribution is 2.21. The van der Waals surface area contributed by atoms with Gasteiger partial charge in [-0.2, -0.15) is 0 Å². The van der Waals surface area contributed by atoms with Crippen molar-refractivity contribution in [2.75, 3.05) is 6.54 Å². The van der Waals surface area contributed by atoms with Gasteiger partial charge in [0.15, 0.2) is 0 Å². The van der Waals surface area contributed by atoms with Crippen molar-refractivity contribution in [3.8, 4) is 0 Å². The first-order valence-corrected chi connectivity index (χ1v) is 8.13. The van der Waals surface area contributed by atoms with E-state index in [1.807, 2.05) is 0 Å². The molecule has 1 heterocycles. The molecule has 122 valence electrons. The van der Waals surface area contributed by atoms with Crippen molar-refractivity contribution in [1.29, 1.82) is 0 Å². The molecule has 1 aromatic carbocycles. The van der Waals surface area contributed by atoms with E-state index in [0.717, 1.165) is 36.7 Å². The fraction of sp³-hybridized carbons (Fsp3) is 0.471. The molecule has 1 amide bonds. The Bertz CT molecular complexity index is 689. The minimum atomic E-state index is -0.162. The van der Waals surface area contributed by atoms with E-state index in [-0.39, 0.29) is 18.0 Å². The highest BCUT2D eigenvalue weighted by atomic mass is 16.5. The maximum Gasteiger partial charge on any atom is 0.306 e. The maximum absolute atomic E-state index is 12.1. The summed E-state index contributed by atoms with van der Waals surface area (Å²) in [5.41, 5.74) is 2.24. The molecule has 2 aromatic rings. The second-order valence-corrected chi connectivity index (χ2v) is 5.89. The molecule has 0 atom stereocenters. The summed E-state index contributed by atoms with van der Waals surface area (Å²) in [5, 5.41) is 2.82. The number of benzene rings is 1. The highest BCUT2D eigenvalue weighted by molar-refractivity contribution is 5.97. The first-order valence-electron chi connectivity index (χ1n) is 8.13. The molecule has 0 aliphatic heterocycles. The summed E-state index contributed by atoms with van der Waals surface area (Å²) in [7, 11) is 0. The second-order valence-electron chi connectivity index (χ2n) is 5.89. The predicted octanol–water partition coefficient (Wildman–Crippen LogP) is 2.56. The molecule has 1 aliphatic rings. The number of nitrogens with zero attached hydrogens (tertiary/aromatic N) is 1. The van der Waals surface area contributed by atoms with Crippen LogP contribution in [0, 0.1) is 0 Å². The Hall–Kier alpha value is -2.37. The number of carbonyl (C=O) groups is 2. The average Bonchev–Trinajstić information content (AvgIpc) is 3.21. The van der Waals surface area contributed by atoms with Crippen LogP contribution in [0.3, 0.4) is 0 Å². The molecule has 1 aromatic heterocycles. The molecule has 6 nitrogen and oxygen atoms in total. The largest absolute Gasteiger partial charge is 0.462 e. The molecule has 2 N–H and O–H groups in total. The van der Waals surface area contributed by atoms with Crippen molar-refractivity contribution in [3.63, 3.8) is 0 Å². The quantitative estimate of drug-likeness (QED) is 0.634. The lowest BCUT2D eigenvalue weighted by molar-refractivity contribution is -0.148. The third-order valence-corrected chi connectivity index (χ3v) is 4.13. The lowest BCUT2D eigenvalue weighted by Gasteiger charge is -2.11. The molecule has 0 saturated heterocycles. The van der Waals surface area contributed by atoms with Crippen LogP contribution in [0.2, 0.25) is 0 Å². The van der Waals surface area contributed by atoms with Gasteiger partial charge in [-0.1, -0.05) is 0 Å². The minimum Gasteiger partial charge on any atom is -0.462 e. The Morgan fingerprint density at radius 1 is 1.30 bits per heavy atom. The molecule has 1 saturated carbocycles. The zero-order chi connectivity index (χ0) is 16.1. The van der Waals surface area contributed by atoms with E-state index in [1.165, 1.54) is 0 Å². The molecule has 0 radical (unpaired) electrons. The van der Waals surface area contributed by atoms with Gasteiger partial charge in [0, 0.05) is 18.5 Å². The number of nitrogens with one attached hydrogen (secondary N) is 2. The van der Waals surface area contributed by atoms with Crippen LogP contribution >= 0.6 is 0 Å². The monoisotopic (exact) mass is 315 g/mol. The first kappa shape index (κ1) is 15.5. The molecule has 23 heavy (non-hydrogen) atoms. The molecule has 1 fully saturated rings. The fourth-order valence-corrected chi connectivity index (χ4v) is 2.86. The number of fused-ring (bicyclic) bond motifs is 1. The number of aromatic amines is 1. The average molecular weight is 315 g/mol. The Morgan fingerprint density at radius 3 is 2.96 bits per heavy atom. The lowest BCUT2D eigenvalue weighted by Crippen LogP contribution is -2.25. The summed E-state index contributed by atoms with van der Waals surface area (Å²) in [6.45, 7) is 0.458. The van der Waals surface area contributed by atoms with Crippen molar-refractivity contribution in [1.82, 2.24) is 15.3 Å². The summed E-state index contributed by atoms with van der Waals surface area (Å²) < 4.78 is 5.38. The van der Waals surface area contributed by atoms with E-state index in [0.29, 0.717) is 24.9 Å². The summed E-state index contributed by atoms with van der Waals surface area (Å²) in [4.78, 5) is 30.9. The summed E-state index contributed by atoms with van der Waals surface area (Å²) in [6.07, 6.45) is 6.90. The van der Waals surface area contributed by atoms with Crippen molar-refractivity contribution in [2.45, 2.75) is 44.6 Å². The number of imidazole rings is 1. The van der Waals surface area contributed by atoms with E-state index < -0.39 is 0 Å². The molecule has 0 unspecified atom stereocenters. The third kappa shape index (κ3) is 4.09. The maximum atomic E-state index is 12.1. The molecule has 3 rings (SSSR count). The van der Waals surface area contributed by atoms with Crippen LogP contribution < -0.4 is 5.32 Å². The molecular formula is C17H21N3O3. The van der Waals surface area contributed by atoms with Gasteiger partial charge in [-0.25, -0.2) is 4.98 Å². The van der Waals surface area contributed by atoms with Crippen molar-refractivity contribution in [3.05, 3.63) is 30.1 Å². The van der Waals surface area contributed by atoms with Gasteiger partial charge in [-0.05, 0) is 50.3 Å². The van der Waals surface area contributed by atoms with E-state index in [2.05, 4.69) is 15.3 Å². The van der Waals surface area contributed by atoms with Gasteiger partial charge < -0.3 is 15.0 Å². The van der Waals surface area contributed by atoms with Gasteiger partial charge in [0.05, 0.1) is 17.4 Å². The Kier molecular flexibility index (Phi) is 4.90. The number of hydrogen-bond acceptors (Lipinski definition) is 4. The number of amides is 1.